The topological polar surface area (TPSA) is 58.0 Å². The Morgan fingerprint density at radius 2 is 1.94 bits per heavy atom. The maximum atomic E-state index is 9.16. The number of aromatic nitrogens is 1. The Morgan fingerprint density at radius 1 is 1.29 bits per heavy atom. The van der Waals surface area contributed by atoms with E-state index in [0.717, 1.165) is 24.6 Å². The minimum absolute atomic E-state index is 0.263. The van der Waals surface area contributed by atoms with Crippen molar-refractivity contribution in [3.05, 3.63) is 11.8 Å². The number of nitrogen functional groups attached to an aromatic ring is 1. The van der Waals surface area contributed by atoms with Gasteiger partial charge in [-0.15, -0.1) is 0 Å². The molecule has 1 saturated heterocycles. The van der Waals surface area contributed by atoms with Crippen LogP contribution in [0.25, 0.3) is 0 Å². The van der Waals surface area contributed by atoms with E-state index in [0.29, 0.717) is 5.69 Å². The number of rotatable bonds is 2. The molecule has 1 aromatic rings. The Hall–Kier alpha value is -1.63. The summed E-state index contributed by atoms with van der Waals surface area (Å²) >= 11 is 0. The lowest BCUT2D eigenvalue weighted by Gasteiger charge is -2.31. The first kappa shape index (κ1) is 11.8. The number of hydrogen-bond donors (Lipinski definition) is 1. The third kappa shape index (κ3) is 2.10. The number of hydrogen-bond acceptors (Lipinski definition) is 3. The third-order valence-electron chi connectivity index (χ3n) is 3.32. The quantitative estimate of drug-likeness (QED) is 0.852. The highest BCUT2D eigenvalue weighted by molar-refractivity contribution is 5.68. The second-order valence-electron chi connectivity index (χ2n) is 4.93. The van der Waals surface area contributed by atoms with Crippen LogP contribution >= 0.6 is 0 Å². The monoisotopic (exact) mass is 232 g/mol. The lowest BCUT2D eigenvalue weighted by atomic mass is 10.1. The highest BCUT2D eigenvalue weighted by Crippen LogP contribution is 2.32. The first-order chi connectivity index (χ1) is 8.15. The molecule has 0 radical (unpaired) electrons. The predicted molar refractivity (Wildman–Crippen MR) is 70.0 cm³/mol. The van der Waals surface area contributed by atoms with Gasteiger partial charge >= 0.3 is 0 Å². The van der Waals surface area contributed by atoms with Gasteiger partial charge in [0.25, 0.3) is 0 Å². The van der Waals surface area contributed by atoms with Gasteiger partial charge in [0.2, 0.25) is 0 Å². The van der Waals surface area contributed by atoms with E-state index in [1.165, 1.54) is 19.3 Å². The molecule has 1 fully saturated rings. The minimum atomic E-state index is 0.263. The summed E-state index contributed by atoms with van der Waals surface area (Å²) in [6.45, 7) is 6.28. The van der Waals surface area contributed by atoms with Gasteiger partial charge in [-0.05, 0) is 39.2 Å². The Labute approximate surface area is 103 Å². The van der Waals surface area contributed by atoms with Gasteiger partial charge in [-0.2, -0.15) is 5.26 Å². The van der Waals surface area contributed by atoms with Crippen LogP contribution in [0.1, 0.15) is 44.8 Å². The van der Waals surface area contributed by atoms with Gasteiger partial charge in [0.15, 0.2) is 0 Å². The summed E-state index contributed by atoms with van der Waals surface area (Å²) in [5.41, 5.74) is 7.47. The van der Waals surface area contributed by atoms with Crippen molar-refractivity contribution in [1.82, 2.24) is 4.57 Å². The average molecular weight is 232 g/mol. The number of nitriles is 1. The van der Waals surface area contributed by atoms with Crippen LogP contribution in [0.15, 0.2) is 6.07 Å². The SMILES string of the molecule is CC(C)n1c(C#N)cc(N)c1N1CCCCC1. The van der Waals surface area contributed by atoms with Crippen molar-refractivity contribution < 1.29 is 0 Å². The van der Waals surface area contributed by atoms with Gasteiger partial charge in [0.05, 0.1) is 5.69 Å². The summed E-state index contributed by atoms with van der Waals surface area (Å²) in [6, 6.07) is 4.29. The van der Waals surface area contributed by atoms with E-state index >= 15 is 0 Å². The minimum Gasteiger partial charge on any atom is -0.396 e. The van der Waals surface area contributed by atoms with Gasteiger partial charge in [0, 0.05) is 19.1 Å². The van der Waals surface area contributed by atoms with Crippen LogP contribution in [0.4, 0.5) is 11.5 Å². The van der Waals surface area contributed by atoms with E-state index in [-0.39, 0.29) is 6.04 Å². The summed E-state index contributed by atoms with van der Waals surface area (Å²) in [6.07, 6.45) is 3.72. The van der Waals surface area contributed by atoms with Crippen LogP contribution in [-0.2, 0) is 0 Å². The fraction of sp³-hybridized carbons (Fsp3) is 0.615. The fourth-order valence-corrected chi connectivity index (χ4v) is 2.58. The highest BCUT2D eigenvalue weighted by atomic mass is 15.3. The first-order valence-corrected chi connectivity index (χ1v) is 6.31. The van der Waals surface area contributed by atoms with E-state index in [1.54, 1.807) is 6.07 Å². The lowest BCUT2D eigenvalue weighted by Crippen LogP contribution is -2.32. The van der Waals surface area contributed by atoms with Crippen molar-refractivity contribution in [1.29, 1.82) is 5.26 Å². The predicted octanol–water partition coefficient (Wildman–Crippen LogP) is 2.51. The van der Waals surface area contributed by atoms with Crippen molar-refractivity contribution in [3.8, 4) is 6.07 Å². The first-order valence-electron chi connectivity index (χ1n) is 6.31. The number of nitrogens with zero attached hydrogens (tertiary/aromatic N) is 3. The molecule has 2 N–H and O–H groups in total. The second kappa shape index (κ2) is 4.70. The van der Waals surface area contributed by atoms with E-state index in [1.807, 2.05) is 0 Å². The van der Waals surface area contributed by atoms with Crippen LogP contribution in [-0.4, -0.2) is 17.7 Å². The average Bonchev–Trinajstić information content (AvgIpc) is 2.67. The zero-order chi connectivity index (χ0) is 12.4. The Kier molecular flexibility index (Phi) is 3.28. The molecule has 1 aliphatic heterocycles. The third-order valence-corrected chi connectivity index (χ3v) is 3.32. The summed E-state index contributed by atoms with van der Waals surface area (Å²) in [7, 11) is 0. The Bertz CT molecular complexity index is 433. The molecule has 1 aromatic heterocycles. The maximum Gasteiger partial charge on any atom is 0.133 e. The van der Waals surface area contributed by atoms with E-state index in [9.17, 15) is 0 Å². The van der Waals surface area contributed by atoms with Gasteiger partial charge in [-0.25, -0.2) is 0 Å². The van der Waals surface area contributed by atoms with Crippen LogP contribution in [0, 0.1) is 11.3 Å². The summed E-state index contributed by atoms with van der Waals surface area (Å²) < 4.78 is 2.06. The highest BCUT2D eigenvalue weighted by Gasteiger charge is 2.21. The smallest absolute Gasteiger partial charge is 0.133 e. The van der Waals surface area contributed by atoms with Crippen molar-refractivity contribution in [2.75, 3.05) is 23.7 Å². The molecular weight excluding hydrogens is 212 g/mol. The molecule has 92 valence electrons. The Balaban J connectivity index is 2.44. The molecule has 1 aliphatic rings. The molecule has 0 unspecified atom stereocenters. The van der Waals surface area contributed by atoms with Gasteiger partial charge < -0.3 is 15.2 Å². The largest absolute Gasteiger partial charge is 0.396 e. The van der Waals surface area contributed by atoms with Gasteiger partial charge in [-0.3, -0.25) is 0 Å². The molecule has 0 amide bonds. The molecule has 0 spiro atoms. The normalized spacial score (nSPS) is 16.2. The van der Waals surface area contributed by atoms with Crippen LogP contribution < -0.4 is 10.6 Å². The summed E-state index contributed by atoms with van der Waals surface area (Å²) in [5, 5.41) is 9.16. The molecule has 4 heteroatoms. The Morgan fingerprint density at radius 3 is 2.47 bits per heavy atom. The molecule has 0 saturated carbocycles. The molecule has 17 heavy (non-hydrogen) atoms. The fourth-order valence-electron chi connectivity index (χ4n) is 2.58. The standard InChI is InChI=1S/C13H20N4/c1-10(2)17-11(9-14)8-12(15)13(17)16-6-4-3-5-7-16/h8,10H,3-7,15H2,1-2H3. The molecule has 0 atom stereocenters. The van der Waals surface area contributed by atoms with Crippen molar-refractivity contribution in [3.63, 3.8) is 0 Å². The zero-order valence-corrected chi connectivity index (χ0v) is 10.6. The second-order valence-corrected chi connectivity index (χ2v) is 4.93. The summed E-state index contributed by atoms with van der Waals surface area (Å²) in [5.74, 6) is 1.04. The molecule has 0 bridgehead atoms. The van der Waals surface area contributed by atoms with Crippen molar-refractivity contribution >= 4 is 11.5 Å². The van der Waals surface area contributed by atoms with Crippen LogP contribution in [0.3, 0.4) is 0 Å². The number of anilines is 2. The maximum absolute atomic E-state index is 9.16. The molecule has 0 aliphatic carbocycles. The van der Waals surface area contributed by atoms with E-state index < -0.39 is 0 Å². The summed E-state index contributed by atoms with van der Waals surface area (Å²) in [4.78, 5) is 2.32. The van der Waals surface area contributed by atoms with Crippen LogP contribution in [0.5, 0.6) is 0 Å². The van der Waals surface area contributed by atoms with E-state index in [4.69, 9.17) is 11.0 Å². The molecule has 2 rings (SSSR count). The van der Waals surface area contributed by atoms with Crippen molar-refractivity contribution in [2.45, 2.75) is 39.2 Å². The molecule has 4 nitrogen and oxygen atoms in total. The van der Waals surface area contributed by atoms with E-state index in [2.05, 4.69) is 29.4 Å². The van der Waals surface area contributed by atoms with Gasteiger partial charge in [-0.1, -0.05) is 0 Å². The lowest BCUT2D eigenvalue weighted by molar-refractivity contribution is 0.538. The molecule has 2 heterocycles. The molecule has 0 aromatic carbocycles. The number of piperidine rings is 1. The van der Waals surface area contributed by atoms with Crippen LogP contribution in [0.2, 0.25) is 0 Å². The number of nitrogens with two attached hydrogens (primary N) is 1. The van der Waals surface area contributed by atoms with Crippen molar-refractivity contribution in [2.24, 2.45) is 0 Å². The van der Waals surface area contributed by atoms with Gasteiger partial charge in [0.1, 0.15) is 17.6 Å². The molecular formula is C13H20N4. The zero-order valence-electron chi connectivity index (χ0n) is 10.6.